The number of rotatable bonds is 3. The summed E-state index contributed by atoms with van der Waals surface area (Å²) < 4.78 is 4.79. The molecule has 2 rings (SSSR count). The highest BCUT2D eigenvalue weighted by Crippen LogP contribution is 2.18. The minimum absolute atomic E-state index is 0.0619. The molecule has 1 aromatic carbocycles. The van der Waals surface area contributed by atoms with Crippen molar-refractivity contribution in [1.82, 2.24) is 0 Å². The molecule has 1 heterocycles. The summed E-state index contributed by atoms with van der Waals surface area (Å²) in [5.74, 6) is -1.49. The number of anilines is 1. The number of carbonyl (C=O) groups excluding carboxylic acids is 1. The van der Waals surface area contributed by atoms with E-state index in [1.807, 2.05) is 0 Å². The van der Waals surface area contributed by atoms with Crippen LogP contribution in [-0.4, -0.2) is 17.0 Å². The zero-order valence-corrected chi connectivity index (χ0v) is 9.64. The van der Waals surface area contributed by atoms with E-state index >= 15 is 0 Å². The molecule has 0 saturated heterocycles. The van der Waals surface area contributed by atoms with Crippen molar-refractivity contribution in [2.45, 2.75) is 6.92 Å². The molecule has 0 aliphatic heterocycles. The second-order valence-electron chi connectivity index (χ2n) is 3.82. The molecule has 5 heteroatoms. The highest BCUT2D eigenvalue weighted by atomic mass is 16.4. The molecule has 2 aromatic rings. The summed E-state index contributed by atoms with van der Waals surface area (Å²) >= 11 is 0. The number of aryl methyl sites for hydroxylation is 1. The molecule has 2 N–H and O–H groups in total. The van der Waals surface area contributed by atoms with Gasteiger partial charge in [0.05, 0.1) is 23.1 Å². The van der Waals surface area contributed by atoms with Gasteiger partial charge in [0.25, 0.3) is 5.91 Å². The second-order valence-corrected chi connectivity index (χ2v) is 3.82. The number of hydrogen-bond donors (Lipinski definition) is 2. The van der Waals surface area contributed by atoms with Crippen molar-refractivity contribution in [3.63, 3.8) is 0 Å². The first kappa shape index (κ1) is 11.9. The van der Waals surface area contributed by atoms with E-state index < -0.39 is 11.9 Å². The van der Waals surface area contributed by atoms with Crippen molar-refractivity contribution in [1.29, 1.82) is 0 Å². The number of hydrogen-bond acceptors (Lipinski definition) is 3. The molecule has 0 radical (unpaired) electrons. The maximum Gasteiger partial charge on any atom is 0.337 e. The van der Waals surface area contributed by atoms with Crippen molar-refractivity contribution in [3.05, 3.63) is 53.5 Å². The summed E-state index contributed by atoms with van der Waals surface area (Å²) in [6.45, 7) is 1.79. The summed E-state index contributed by atoms with van der Waals surface area (Å²) in [6, 6.07) is 6.31. The fraction of sp³-hybridized carbons (Fsp3) is 0.0769. The third-order valence-corrected chi connectivity index (χ3v) is 2.44. The largest absolute Gasteiger partial charge is 0.478 e. The Hall–Kier alpha value is -2.56. The number of carboxylic acids is 1. The van der Waals surface area contributed by atoms with E-state index in [0.29, 0.717) is 5.56 Å². The molecule has 0 unspecified atom stereocenters. The van der Waals surface area contributed by atoms with Gasteiger partial charge >= 0.3 is 5.97 Å². The standard InChI is InChI=1S/C13H11NO4/c1-8-2-3-11(10(6-8)13(16)17)14-12(15)9-4-5-18-7-9/h2-7H,1H3,(H,14,15)(H,16,17). The van der Waals surface area contributed by atoms with Crippen LogP contribution in [0.5, 0.6) is 0 Å². The third kappa shape index (κ3) is 2.40. The quantitative estimate of drug-likeness (QED) is 0.870. The number of nitrogens with one attached hydrogen (secondary N) is 1. The van der Waals surface area contributed by atoms with Crippen molar-refractivity contribution in [2.75, 3.05) is 5.32 Å². The van der Waals surface area contributed by atoms with Gasteiger partial charge in [-0.25, -0.2) is 4.79 Å². The number of carboxylic acid groups (broad SMARTS) is 1. The molecule has 0 spiro atoms. The highest BCUT2D eigenvalue weighted by Gasteiger charge is 2.14. The van der Waals surface area contributed by atoms with Gasteiger partial charge in [-0.2, -0.15) is 0 Å². The summed E-state index contributed by atoms with van der Waals surface area (Å²) in [4.78, 5) is 22.8. The molecule has 5 nitrogen and oxygen atoms in total. The smallest absolute Gasteiger partial charge is 0.337 e. The van der Waals surface area contributed by atoms with Crippen LogP contribution in [0.2, 0.25) is 0 Å². The summed E-state index contributed by atoms with van der Waals surface area (Å²) in [5, 5.41) is 11.6. The van der Waals surface area contributed by atoms with Crippen LogP contribution >= 0.6 is 0 Å². The minimum Gasteiger partial charge on any atom is -0.478 e. The lowest BCUT2D eigenvalue weighted by molar-refractivity contribution is 0.0698. The molecule has 0 fully saturated rings. The zero-order chi connectivity index (χ0) is 13.1. The normalized spacial score (nSPS) is 10.1. The van der Waals surface area contributed by atoms with Crippen LogP contribution in [0.1, 0.15) is 26.3 Å². The van der Waals surface area contributed by atoms with Crippen LogP contribution < -0.4 is 5.32 Å². The number of carbonyl (C=O) groups is 2. The van der Waals surface area contributed by atoms with Crippen LogP contribution in [0.25, 0.3) is 0 Å². The minimum atomic E-state index is -1.08. The molecule has 0 saturated carbocycles. The Bertz CT molecular complexity index is 587. The van der Waals surface area contributed by atoms with Gasteiger partial charge in [0.2, 0.25) is 0 Å². The van der Waals surface area contributed by atoms with E-state index in [9.17, 15) is 9.59 Å². The summed E-state index contributed by atoms with van der Waals surface area (Å²) in [5.41, 5.74) is 1.48. The van der Waals surface area contributed by atoms with Crippen molar-refractivity contribution < 1.29 is 19.1 Å². The van der Waals surface area contributed by atoms with E-state index in [4.69, 9.17) is 9.52 Å². The van der Waals surface area contributed by atoms with Gasteiger partial charge in [0.15, 0.2) is 0 Å². The highest BCUT2D eigenvalue weighted by molar-refractivity contribution is 6.07. The van der Waals surface area contributed by atoms with E-state index in [1.165, 1.54) is 24.7 Å². The van der Waals surface area contributed by atoms with Gasteiger partial charge in [-0.15, -0.1) is 0 Å². The summed E-state index contributed by atoms with van der Waals surface area (Å²) in [6.07, 6.45) is 2.67. The first-order valence-corrected chi connectivity index (χ1v) is 5.25. The fourth-order valence-electron chi connectivity index (χ4n) is 1.53. The zero-order valence-electron chi connectivity index (χ0n) is 9.64. The number of aromatic carboxylic acids is 1. The maximum atomic E-state index is 11.8. The van der Waals surface area contributed by atoms with Crippen molar-refractivity contribution in [3.8, 4) is 0 Å². The molecule has 18 heavy (non-hydrogen) atoms. The molecular weight excluding hydrogens is 234 g/mol. The van der Waals surface area contributed by atoms with E-state index in [0.717, 1.165) is 5.56 Å². The van der Waals surface area contributed by atoms with Crippen molar-refractivity contribution >= 4 is 17.6 Å². The molecule has 0 aliphatic rings. The Morgan fingerprint density at radius 1 is 1.28 bits per heavy atom. The molecule has 0 aliphatic carbocycles. The van der Waals surface area contributed by atoms with Crippen LogP contribution in [0, 0.1) is 6.92 Å². The van der Waals surface area contributed by atoms with Gasteiger partial charge < -0.3 is 14.8 Å². The first-order valence-electron chi connectivity index (χ1n) is 5.25. The van der Waals surface area contributed by atoms with Crippen LogP contribution in [0.15, 0.2) is 41.2 Å². The maximum absolute atomic E-state index is 11.8. The average Bonchev–Trinajstić information content (AvgIpc) is 2.84. The lowest BCUT2D eigenvalue weighted by atomic mass is 10.1. The number of furan rings is 1. The monoisotopic (exact) mass is 245 g/mol. The third-order valence-electron chi connectivity index (χ3n) is 2.44. The van der Waals surface area contributed by atoms with Gasteiger partial charge in [0, 0.05) is 0 Å². The number of benzene rings is 1. The Labute approximate surface area is 103 Å². The van der Waals surface area contributed by atoms with Gasteiger partial charge in [-0.3, -0.25) is 4.79 Å². The Balaban J connectivity index is 2.29. The van der Waals surface area contributed by atoms with E-state index in [2.05, 4.69) is 5.32 Å². The lowest BCUT2D eigenvalue weighted by Gasteiger charge is -2.08. The van der Waals surface area contributed by atoms with Crippen molar-refractivity contribution in [2.24, 2.45) is 0 Å². The van der Waals surface area contributed by atoms with Gasteiger partial charge in [-0.1, -0.05) is 11.6 Å². The molecule has 1 aromatic heterocycles. The molecular formula is C13H11NO4. The van der Waals surface area contributed by atoms with E-state index in [1.54, 1.807) is 19.1 Å². The Morgan fingerprint density at radius 2 is 2.06 bits per heavy atom. The predicted octanol–water partition coefficient (Wildman–Crippen LogP) is 2.54. The molecule has 92 valence electrons. The van der Waals surface area contributed by atoms with Crippen LogP contribution in [0.3, 0.4) is 0 Å². The molecule has 0 atom stereocenters. The predicted molar refractivity (Wildman–Crippen MR) is 64.8 cm³/mol. The topological polar surface area (TPSA) is 79.5 Å². The Kier molecular flexibility index (Phi) is 3.14. The second kappa shape index (κ2) is 4.75. The fourth-order valence-corrected chi connectivity index (χ4v) is 1.53. The van der Waals surface area contributed by atoms with Gasteiger partial charge in [0.1, 0.15) is 6.26 Å². The number of amides is 1. The van der Waals surface area contributed by atoms with Gasteiger partial charge in [-0.05, 0) is 25.1 Å². The molecule has 0 bridgehead atoms. The average molecular weight is 245 g/mol. The lowest BCUT2D eigenvalue weighted by Crippen LogP contribution is -2.14. The van der Waals surface area contributed by atoms with Crippen LogP contribution in [0.4, 0.5) is 5.69 Å². The first-order chi connectivity index (χ1) is 8.58. The SMILES string of the molecule is Cc1ccc(NC(=O)c2ccoc2)c(C(=O)O)c1. The Morgan fingerprint density at radius 3 is 2.67 bits per heavy atom. The summed E-state index contributed by atoms with van der Waals surface area (Å²) in [7, 11) is 0. The van der Waals surface area contributed by atoms with Crippen LogP contribution in [-0.2, 0) is 0 Å². The van der Waals surface area contributed by atoms with E-state index in [-0.39, 0.29) is 11.3 Å². The molecule has 1 amide bonds.